The number of hydrogen-bond acceptors (Lipinski definition) is 4. The maximum atomic E-state index is 12.6. The molecular formula is C25H26Cl2N2O4S. The van der Waals surface area contributed by atoms with Gasteiger partial charge in [-0.25, -0.2) is 17.9 Å². The van der Waals surface area contributed by atoms with Crippen LogP contribution in [0.4, 0.5) is 5.69 Å². The number of rotatable bonds is 12. The minimum atomic E-state index is -3.48. The molecule has 0 fully saturated rings. The van der Waals surface area contributed by atoms with Gasteiger partial charge in [0.15, 0.2) is 0 Å². The highest BCUT2D eigenvalue weighted by molar-refractivity contribution is 7.89. The summed E-state index contributed by atoms with van der Waals surface area (Å²) in [6.07, 6.45) is 0.946. The van der Waals surface area contributed by atoms with Crippen LogP contribution in [0.25, 0.3) is 0 Å². The molecule has 3 N–H and O–H groups in total. The zero-order valence-corrected chi connectivity index (χ0v) is 20.7. The van der Waals surface area contributed by atoms with Crippen LogP contribution >= 0.6 is 23.2 Å². The fraction of sp³-hybridized carbons (Fsp3) is 0.240. The van der Waals surface area contributed by atoms with Gasteiger partial charge in [-0.2, -0.15) is 0 Å². The second-order valence-electron chi connectivity index (χ2n) is 7.87. The van der Waals surface area contributed by atoms with Crippen molar-refractivity contribution in [2.24, 2.45) is 0 Å². The van der Waals surface area contributed by atoms with Crippen molar-refractivity contribution in [2.75, 3.05) is 24.2 Å². The number of benzene rings is 3. The lowest BCUT2D eigenvalue weighted by Crippen LogP contribution is -2.29. The molecule has 0 aromatic heterocycles. The highest BCUT2D eigenvalue weighted by atomic mass is 35.5. The highest BCUT2D eigenvalue weighted by Gasteiger charge is 2.18. The van der Waals surface area contributed by atoms with Crippen molar-refractivity contribution in [1.29, 1.82) is 0 Å². The Bertz CT molecular complexity index is 1200. The Balaban J connectivity index is 1.62. The molecule has 34 heavy (non-hydrogen) atoms. The molecule has 3 aromatic rings. The van der Waals surface area contributed by atoms with Gasteiger partial charge in [-0.15, -0.1) is 0 Å². The van der Waals surface area contributed by atoms with Crippen LogP contribution in [0.3, 0.4) is 0 Å². The molecule has 1 atom stereocenters. The number of carboxylic acid groups (broad SMARTS) is 1. The van der Waals surface area contributed by atoms with Crippen LogP contribution in [0.2, 0.25) is 10.0 Å². The number of sulfonamides is 1. The molecule has 0 saturated carbocycles. The first-order chi connectivity index (χ1) is 16.2. The molecule has 0 aliphatic rings. The zero-order chi connectivity index (χ0) is 24.6. The van der Waals surface area contributed by atoms with Gasteiger partial charge in [0.25, 0.3) is 0 Å². The van der Waals surface area contributed by atoms with Crippen molar-refractivity contribution in [3.8, 4) is 0 Å². The van der Waals surface area contributed by atoms with Crippen LogP contribution in [0.5, 0.6) is 0 Å². The Labute approximate surface area is 210 Å². The average Bonchev–Trinajstić information content (AvgIpc) is 2.81. The molecule has 0 heterocycles. The molecule has 6 nitrogen and oxygen atoms in total. The Morgan fingerprint density at radius 3 is 2.35 bits per heavy atom. The first-order valence-electron chi connectivity index (χ1n) is 10.8. The van der Waals surface area contributed by atoms with Crippen LogP contribution in [-0.2, 0) is 16.4 Å². The third-order valence-corrected chi connectivity index (χ3v) is 7.41. The van der Waals surface area contributed by atoms with E-state index in [1.807, 2.05) is 42.5 Å². The van der Waals surface area contributed by atoms with Crippen LogP contribution < -0.4 is 10.0 Å². The van der Waals surface area contributed by atoms with Crippen molar-refractivity contribution in [1.82, 2.24) is 4.72 Å². The number of aromatic carboxylic acids is 1. The molecule has 0 saturated heterocycles. The Hall–Kier alpha value is -2.58. The van der Waals surface area contributed by atoms with Crippen molar-refractivity contribution < 1.29 is 18.3 Å². The number of carbonyl (C=O) groups is 1. The molecular weight excluding hydrogens is 495 g/mol. The molecule has 0 spiro atoms. The van der Waals surface area contributed by atoms with Crippen LogP contribution in [0.1, 0.15) is 33.8 Å². The third-order valence-electron chi connectivity index (χ3n) is 5.41. The van der Waals surface area contributed by atoms with Gasteiger partial charge < -0.3 is 10.4 Å². The lowest BCUT2D eigenvalue weighted by molar-refractivity contribution is 0.0697. The second kappa shape index (κ2) is 12.2. The molecule has 0 aliphatic carbocycles. The topological polar surface area (TPSA) is 95.5 Å². The van der Waals surface area contributed by atoms with Gasteiger partial charge in [0, 0.05) is 24.0 Å². The van der Waals surface area contributed by atoms with Crippen molar-refractivity contribution in [2.45, 2.75) is 18.8 Å². The van der Waals surface area contributed by atoms with Gasteiger partial charge >= 0.3 is 5.97 Å². The van der Waals surface area contributed by atoms with Gasteiger partial charge in [-0.1, -0.05) is 65.7 Å². The second-order valence-corrected chi connectivity index (χ2v) is 10.6. The lowest BCUT2D eigenvalue weighted by atomic mass is 9.96. The molecule has 0 amide bonds. The van der Waals surface area contributed by atoms with Crippen molar-refractivity contribution in [3.05, 3.63) is 99.5 Å². The summed E-state index contributed by atoms with van der Waals surface area (Å²) in [6, 6.07) is 21.3. The molecule has 180 valence electrons. The molecule has 0 radical (unpaired) electrons. The summed E-state index contributed by atoms with van der Waals surface area (Å²) >= 11 is 12.1. The number of carboxylic acids is 1. The van der Waals surface area contributed by atoms with Crippen LogP contribution in [0.15, 0.2) is 72.8 Å². The normalized spacial score (nSPS) is 12.3. The van der Waals surface area contributed by atoms with E-state index in [1.54, 1.807) is 12.1 Å². The van der Waals surface area contributed by atoms with E-state index in [9.17, 15) is 18.3 Å². The first kappa shape index (κ1) is 26.0. The predicted octanol–water partition coefficient (Wildman–Crippen LogP) is 5.44. The summed E-state index contributed by atoms with van der Waals surface area (Å²) in [5, 5.41) is 13.5. The third kappa shape index (κ3) is 8.02. The van der Waals surface area contributed by atoms with Gasteiger partial charge in [-0.3, -0.25) is 0 Å². The van der Waals surface area contributed by atoms with E-state index in [0.29, 0.717) is 41.7 Å². The van der Waals surface area contributed by atoms with Crippen molar-refractivity contribution in [3.63, 3.8) is 0 Å². The molecule has 0 aliphatic heterocycles. The fourth-order valence-corrected chi connectivity index (χ4v) is 4.97. The van der Waals surface area contributed by atoms with E-state index in [-0.39, 0.29) is 17.2 Å². The van der Waals surface area contributed by atoms with E-state index < -0.39 is 16.0 Å². The Morgan fingerprint density at radius 2 is 1.68 bits per heavy atom. The van der Waals surface area contributed by atoms with Crippen LogP contribution in [0, 0.1) is 0 Å². The summed E-state index contributed by atoms with van der Waals surface area (Å²) < 4.78 is 27.9. The predicted molar refractivity (Wildman–Crippen MR) is 138 cm³/mol. The van der Waals surface area contributed by atoms with E-state index in [4.69, 9.17) is 23.2 Å². The van der Waals surface area contributed by atoms with E-state index >= 15 is 0 Å². The minimum Gasteiger partial charge on any atom is -0.478 e. The van der Waals surface area contributed by atoms with Gasteiger partial charge in [0.05, 0.1) is 22.0 Å². The highest BCUT2D eigenvalue weighted by Crippen LogP contribution is 2.26. The van der Waals surface area contributed by atoms with E-state index in [2.05, 4.69) is 10.0 Å². The van der Waals surface area contributed by atoms with Crippen molar-refractivity contribution >= 4 is 44.9 Å². The average molecular weight is 521 g/mol. The standard InChI is InChI=1S/C25H26Cl2N2O4S/c26-22-9-6-18(7-10-22)12-14-29-34(32,33)15-13-21(19-4-2-1-3-5-19)17-28-24-16-20(25(30)31)8-11-23(24)27/h1-11,16,21,28-29H,12-15,17H2,(H,30,31). The number of nitrogens with one attached hydrogen (secondary N) is 2. The SMILES string of the molecule is O=C(O)c1ccc(Cl)c(NCC(CCS(=O)(=O)NCCc2ccc(Cl)cc2)c2ccccc2)c1. The summed E-state index contributed by atoms with van der Waals surface area (Å²) in [6.45, 7) is 0.697. The first-order valence-corrected chi connectivity index (χ1v) is 13.2. The van der Waals surface area contributed by atoms with Gasteiger partial charge in [0.1, 0.15) is 0 Å². The molecule has 1 unspecified atom stereocenters. The molecule has 3 rings (SSSR count). The molecule has 3 aromatic carbocycles. The van der Waals surface area contributed by atoms with Gasteiger partial charge in [-0.05, 0) is 54.3 Å². The summed E-state index contributed by atoms with van der Waals surface area (Å²) in [5.74, 6) is -1.22. The Morgan fingerprint density at radius 1 is 0.971 bits per heavy atom. The van der Waals surface area contributed by atoms with Crippen LogP contribution in [-0.4, -0.2) is 38.3 Å². The maximum absolute atomic E-state index is 12.6. The smallest absolute Gasteiger partial charge is 0.335 e. The zero-order valence-electron chi connectivity index (χ0n) is 18.4. The Kier molecular flexibility index (Phi) is 9.36. The van der Waals surface area contributed by atoms with Gasteiger partial charge in [0.2, 0.25) is 10.0 Å². The molecule has 9 heteroatoms. The summed E-state index contributed by atoms with van der Waals surface area (Å²) in [4.78, 5) is 11.3. The summed E-state index contributed by atoms with van der Waals surface area (Å²) in [5.41, 5.74) is 2.60. The quantitative estimate of drug-likeness (QED) is 0.295. The number of anilines is 1. The maximum Gasteiger partial charge on any atom is 0.335 e. The number of hydrogen-bond donors (Lipinski definition) is 3. The van der Waals surface area contributed by atoms with E-state index in [1.165, 1.54) is 18.2 Å². The molecule has 0 bridgehead atoms. The van der Waals surface area contributed by atoms with E-state index in [0.717, 1.165) is 11.1 Å². The number of halogens is 2. The lowest BCUT2D eigenvalue weighted by Gasteiger charge is -2.20. The monoisotopic (exact) mass is 520 g/mol. The summed E-state index contributed by atoms with van der Waals surface area (Å²) in [7, 11) is -3.48. The fourth-order valence-electron chi connectivity index (χ4n) is 3.51. The largest absolute Gasteiger partial charge is 0.478 e. The minimum absolute atomic E-state index is 0.0439.